The molecule has 0 aliphatic rings. The Morgan fingerprint density at radius 2 is 1.64 bits per heavy atom. The first-order chi connectivity index (χ1) is 12.2. The van der Waals surface area contributed by atoms with Crippen LogP contribution in [0.1, 0.15) is 30.3 Å². The molecule has 3 rings (SSSR count). The average molecular weight is 350 g/mol. The average Bonchev–Trinajstić information content (AvgIpc) is 2.68. The number of nitrogens with two attached hydrogens (primary N) is 2. The third-order valence-corrected chi connectivity index (χ3v) is 4.96. The smallest absolute Gasteiger partial charge is 0.116 e. The van der Waals surface area contributed by atoms with Gasteiger partial charge in [-0.15, -0.1) is 11.8 Å². The van der Waals surface area contributed by atoms with E-state index in [-0.39, 0.29) is 12.1 Å². The first-order valence-corrected chi connectivity index (χ1v) is 9.29. The molecule has 0 aliphatic carbocycles. The topological polar surface area (TPSA) is 77.8 Å². The molecule has 25 heavy (non-hydrogen) atoms. The molecule has 2 unspecified atom stereocenters. The van der Waals surface area contributed by atoms with E-state index in [0.29, 0.717) is 0 Å². The van der Waals surface area contributed by atoms with Crippen LogP contribution in [-0.4, -0.2) is 15.7 Å². The molecule has 1 aromatic heterocycles. The lowest BCUT2D eigenvalue weighted by Gasteiger charge is -2.20. The second-order valence-corrected chi connectivity index (χ2v) is 7.09. The van der Waals surface area contributed by atoms with E-state index in [0.717, 1.165) is 28.3 Å². The lowest BCUT2D eigenvalue weighted by molar-refractivity contribution is 0.559. The predicted molar refractivity (Wildman–Crippen MR) is 104 cm³/mol. The first kappa shape index (κ1) is 17.6. The summed E-state index contributed by atoms with van der Waals surface area (Å²) in [6.07, 6.45) is 1.55. The van der Waals surface area contributed by atoms with E-state index in [2.05, 4.69) is 41.2 Å². The third kappa shape index (κ3) is 4.25. The Hall–Kier alpha value is -2.21. The van der Waals surface area contributed by atoms with Crippen molar-refractivity contribution in [2.75, 3.05) is 5.75 Å². The molecule has 1 heterocycles. The van der Waals surface area contributed by atoms with E-state index >= 15 is 0 Å². The highest BCUT2D eigenvalue weighted by Gasteiger charge is 2.19. The summed E-state index contributed by atoms with van der Waals surface area (Å²) in [7, 11) is 0. The van der Waals surface area contributed by atoms with Crippen LogP contribution in [0.4, 0.5) is 0 Å². The van der Waals surface area contributed by atoms with Crippen LogP contribution in [0.25, 0.3) is 11.3 Å². The summed E-state index contributed by atoms with van der Waals surface area (Å²) in [5.74, 6) is 1.06. The Balaban J connectivity index is 1.83. The van der Waals surface area contributed by atoms with Gasteiger partial charge >= 0.3 is 0 Å². The second-order valence-electron chi connectivity index (χ2n) is 5.75. The zero-order valence-electron chi connectivity index (χ0n) is 14.2. The zero-order chi connectivity index (χ0) is 17.6. The number of hydrogen-bond acceptors (Lipinski definition) is 5. The van der Waals surface area contributed by atoms with E-state index in [1.807, 2.05) is 48.2 Å². The van der Waals surface area contributed by atoms with Gasteiger partial charge in [0.1, 0.15) is 6.33 Å². The molecule has 0 fully saturated rings. The van der Waals surface area contributed by atoms with Crippen LogP contribution in [0.15, 0.2) is 71.9 Å². The SMILES string of the molecule is CCSc1ccc(-c2cc(C(N)C(N)c3ccccc3)ncn2)cc1. The molecule has 0 amide bonds. The molecular weight excluding hydrogens is 328 g/mol. The van der Waals surface area contributed by atoms with E-state index in [4.69, 9.17) is 11.5 Å². The summed E-state index contributed by atoms with van der Waals surface area (Å²) in [5.41, 5.74) is 16.3. The minimum atomic E-state index is -0.390. The van der Waals surface area contributed by atoms with Gasteiger partial charge in [-0.1, -0.05) is 49.4 Å². The maximum absolute atomic E-state index is 6.36. The molecule has 2 atom stereocenters. The molecule has 0 radical (unpaired) electrons. The molecule has 4 N–H and O–H groups in total. The molecule has 3 aromatic rings. The van der Waals surface area contributed by atoms with Gasteiger partial charge in [0.2, 0.25) is 0 Å². The summed E-state index contributed by atoms with van der Waals surface area (Å²) in [6.45, 7) is 2.15. The summed E-state index contributed by atoms with van der Waals surface area (Å²) < 4.78 is 0. The largest absolute Gasteiger partial charge is 0.322 e. The summed E-state index contributed by atoms with van der Waals surface area (Å²) in [6, 6.07) is 19.5. The van der Waals surface area contributed by atoms with Crippen molar-refractivity contribution in [3.63, 3.8) is 0 Å². The maximum Gasteiger partial charge on any atom is 0.116 e. The van der Waals surface area contributed by atoms with Gasteiger partial charge in [0.15, 0.2) is 0 Å². The van der Waals surface area contributed by atoms with Gasteiger partial charge in [-0.2, -0.15) is 0 Å². The molecule has 0 spiro atoms. The Bertz CT molecular complexity index is 805. The number of aromatic nitrogens is 2. The van der Waals surface area contributed by atoms with Crippen LogP contribution in [0.3, 0.4) is 0 Å². The molecule has 0 aliphatic heterocycles. The van der Waals surface area contributed by atoms with Gasteiger partial charge in [-0.25, -0.2) is 9.97 Å². The van der Waals surface area contributed by atoms with Gasteiger partial charge in [-0.05, 0) is 29.5 Å². The van der Waals surface area contributed by atoms with Gasteiger partial charge in [0.05, 0.1) is 23.5 Å². The van der Waals surface area contributed by atoms with Crippen molar-refractivity contribution < 1.29 is 0 Å². The van der Waals surface area contributed by atoms with Gasteiger partial charge < -0.3 is 11.5 Å². The Morgan fingerprint density at radius 1 is 0.920 bits per heavy atom. The fourth-order valence-corrected chi connectivity index (χ4v) is 3.33. The van der Waals surface area contributed by atoms with Crippen LogP contribution < -0.4 is 11.5 Å². The predicted octanol–water partition coefficient (Wildman–Crippen LogP) is 3.96. The van der Waals surface area contributed by atoms with E-state index in [1.54, 1.807) is 6.33 Å². The molecule has 0 bridgehead atoms. The summed E-state index contributed by atoms with van der Waals surface area (Å²) >= 11 is 1.82. The fraction of sp³-hybridized carbons (Fsp3) is 0.200. The van der Waals surface area contributed by atoms with Crippen LogP contribution in [0.2, 0.25) is 0 Å². The molecule has 0 saturated carbocycles. The lowest BCUT2D eigenvalue weighted by Crippen LogP contribution is -2.27. The maximum atomic E-state index is 6.36. The van der Waals surface area contributed by atoms with Crippen molar-refractivity contribution in [2.24, 2.45) is 11.5 Å². The van der Waals surface area contributed by atoms with Crippen LogP contribution >= 0.6 is 11.8 Å². The van der Waals surface area contributed by atoms with Crippen LogP contribution in [0.5, 0.6) is 0 Å². The van der Waals surface area contributed by atoms with E-state index in [9.17, 15) is 0 Å². The second kappa shape index (κ2) is 8.25. The minimum absolute atomic E-state index is 0.313. The molecule has 5 heteroatoms. The van der Waals surface area contributed by atoms with Crippen molar-refractivity contribution in [3.8, 4) is 11.3 Å². The monoisotopic (exact) mass is 350 g/mol. The third-order valence-electron chi connectivity index (χ3n) is 4.06. The highest BCUT2D eigenvalue weighted by Crippen LogP contribution is 2.27. The summed E-state index contributed by atoms with van der Waals surface area (Å²) in [4.78, 5) is 9.98. The zero-order valence-corrected chi connectivity index (χ0v) is 15.0. The molecule has 128 valence electrons. The van der Waals surface area contributed by atoms with Crippen molar-refractivity contribution in [1.29, 1.82) is 0 Å². The molecule has 4 nitrogen and oxygen atoms in total. The Labute approximate surface area is 152 Å². The fourth-order valence-electron chi connectivity index (χ4n) is 2.67. The highest BCUT2D eigenvalue weighted by molar-refractivity contribution is 7.99. The number of nitrogens with zero attached hydrogens (tertiary/aromatic N) is 2. The summed E-state index contributed by atoms with van der Waals surface area (Å²) in [5, 5.41) is 0. The number of thioether (sulfide) groups is 1. The number of rotatable bonds is 6. The highest BCUT2D eigenvalue weighted by atomic mass is 32.2. The van der Waals surface area contributed by atoms with Crippen molar-refractivity contribution in [2.45, 2.75) is 23.9 Å². The van der Waals surface area contributed by atoms with Crippen molar-refractivity contribution in [3.05, 3.63) is 78.2 Å². The van der Waals surface area contributed by atoms with Crippen molar-refractivity contribution in [1.82, 2.24) is 9.97 Å². The number of hydrogen-bond donors (Lipinski definition) is 2. The Kier molecular flexibility index (Phi) is 5.81. The molecule has 2 aromatic carbocycles. The normalized spacial score (nSPS) is 13.4. The van der Waals surface area contributed by atoms with Crippen LogP contribution in [-0.2, 0) is 0 Å². The van der Waals surface area contributed by atoms with Crippen molar-refractivity contribution >= 4 is 11.8 Å². The Morgan fingerprint density at radius 3 is 2.32 bits per heavy atom. The standard InChI is InChI=1S/C20H22N4S/c1-2-25-16-10-8-14(9-11-16)17-12-18(24-13-23-17)20(22)19(21)15-6-4-3-5-7-15/h3-13,19-20H,2,21-22H2,1H3. The molecular formula is C20H22N4S. The number of benzene rings is 2. The minimum Gasteiger partial charge on any atom is -0.322 e. The quantitative estimate of drug-likeness (QED) is 0.658. The van der Waals surface area contributed by atoms with E-state index < -0.39 is 0 Å². The van der Waals surface area contributed by atoms with Gasteiger partial charge in [-0.3, -0.25) is 0 Å². The lowest BCUT2D eigenvalue weighted by atomic mass is 9.97. The van der Waals surface area contributed by atoms with E-state index in [1.165, 1.54) is 4.90 Å². The van der Waals surface area contributed by atoms with Gasteiger partial charge in [0.25, 0.3) is 0 Å². The first-order valence-electron chi connectivity index (χ1n) is 8.30. The van der Waals surface area contributed by atoms with Crippen LogP contribution in [0, 0.1) is 0 Å². The molecule has 0 saturated heterocycles. The van der Waals surface area contributed by atoms with Gasteiger partial charge in [0, 0.05) is 10.5 Å².